The van der Waals surface area contributed by atoms with Crippen molar-refractivity contribution in [1.29, 1.82) is 0 Å². The van der Waals surface area contributed by atoms with Gasteiger partial charge in [-0.1, -0.05) is 20.8 Å². The Morgan fingerprint density at radius 1 is 1.19 bits per heavy atom. The van der Waals surface area contributed by atoms with Crippen molar-refractivity contribution in [2.75, 3.05) is 30.3 Å². The third-order valence-electron chi connectivity index (χ3n) is 5.12. The molecule has 3 aromatic rings. The SMILES string of the molecule is CC(C)(C)c1cc(C(=O)N2CCNC(=O)CC2)c(NC(=O)Nc2ccc3ocnc3c2)s1. The van der Waals surface area contributed by atoms with E-state index in [1.54, 1.807) is 23.1 Å². The molecule has 9 nitrogen and oxygen atoms in total. The van der Waals surface area contributed by atoms with Gasteiger partial charge in [0.15, 0.2) is 12.0 Å². The molecule has 1 fully saturated rings. The number of oxazole rings is 1. The Hall–Kier alpha value is -3.40. The highest BCUT2D eigenvalue weighted by atomic mass is 32.1. The summed E-state index contributed by atoms with van der Waals surface area (Å²) in [5.74, 6) is -0.268. The number of rotatable bonds is 3. The van der Waals surface area contributed by atoms with E-state index >= 15 is 0 Å². The molecule has 0 radical (unpaired) electrons. The lowest BCUT2D eigenvalue weighted by atomic mass is 9.94. The zero-order chi connectivity index (χ0) is 22.9. The van der Waals surface area contributed by atoms with E-state index in [-0.39, 0.29) is 23.7 Å². The quantitative estimate of drug-likeness (QED) is 0.556. The van der Waals surface area contributed by atoms with Crippen LogP contribution in [0.1, 0.15) is 42.4 Å². The summed E-state index contributed by atoms with van der Waals surface area (Å²) in [6.07, 6.45) is 1.60. The lowest BCUT2D eigenvalue weighted by molar-refractivity contribution is -0.120. The number of benzene rings is 1. The van der Waals surface area contributed by atoms with Gasteiger partial charge in [0.2, 0.25) is 5.91 Å². The van der Waals surface area contributed by atoms with E-state index in [0.29, 0.717) is 47.0 Å². The van der Waals surface area contributed by atoms with E-state index in [4.69, 9.17) is 4.42 Å². The molecule has 1 aromatic carbocycles. The fourth-order valence-electron chi connectivity index (χ4n) is 3.35. The molecule has 168 valence electrons. The molecule has 2 aromatic heterocycles. The highest BCUT2D eigenvalue weighted by Gasteiger charge is 2.28. The first-order chi connectivity index (χ1) is 15.2. The Morgan fingerprint density at radius 3 is 2.78 bits per heavy atom. The minimum absolute atomic E-state index is 0.0668. The highest BCUT2D eigenvalue weighted by Crippen LogP contribution is 2.37. The first kappa shape index (κ1) is 21.8. The number of carbonyl (C=O) groups excluding carboxylic acids is 3. The number of fused-ring (bicyclic) bond motifs is 1. The van der Waals surface area contributed by atoms with Crippen molar-refractivity contribution in [1.82, 2.24) is 15.2 Å². The van der Waals surface area contributed by atoms with Gasteiger partial charge in [-0.3, -0.25) is 14.9 Å². The van der Waals surface area contributed by atoms with Crippen LogP contribution in [0.2, 0.25) is 0 Å². The summed E-state index contributed by atoms with van der Waals surface area (Å²) < 4.78 is 5.22. The molecule has 0 unspecified atom stereocenters. The summed E-state index contributed by atoms with van der Waals surface area (Å²) in [5.41, 5.74) is 2.05. The van der Waals surface area contributed by atoms with Gasteiger partial charge in [-0.2, -0.15) is 0 Å². The number of nitrogens with zero attached hydrogens (tertiary/aromatic N) is 2. The molecule has 3 heterocycles. The van der Waals surface area contributed by atoms with Gasteiger partial charge >= 0.3 is 6.03 Å². The molecular formula is C22H25N5O4S. The van der Waals surface area contributed by atoms with Gasteiger partial charge in [-0.05, 0) is 29.7 Å². The molecular weight excluding hydrogens is 430 g/mol. The molecule has 10 heteroatoms. The molecule has 0 saturated carbocycles. The number of amides is 4. The fraction of sp³-hybridized carbons (Fsp3) is 0.364. The van der Waals surface area contributed by atoms with Gasteiger partial charge in [-0.15, -0.1) is 11.3 Å². The lowest BCUT2D eigenvalue weighted by Crippen LogP contribution is -2.34. The van der Waals surface area contributed by atoms with Gasteiger partial charge < -0.3 is 20.0 Å². The molecule has 0 spiro atoms. The minimum atomic E-state index is -0.461. The second kappa shape index (κ2) is 8.62. The molecule has 1 saturated heterocycles. The van der Waals surface area contributed by atoms with Gasteiger partial charge in [0.05, 0.1) is 5.56 Å². The van der Waals surface area contributed by atoms with Crippen molar-refractivity contribution in [3.05, 3.63) is 41.1 Å². The minimum Gasteiger partial charge on any atom is -0.443 e. The number of carbonyl (C=O) groups is 3. The van der Waals surface area contributed by atoms with Crippen LogP contribution in [-0.2, 0) is 10.2 Å². The molecule has 0 bridgehead atoms. The van der Waals surface area contributed by atoms with Gasteiger partial charge in [-0.25, -0.2) is 9.78 Å². The van der Waals surface area contributed by atoms with E-state index in [1.165, 1.54) is 17.7 Å². The van der Waals surface area contributed by atoms with Crippen LogP contribution in [0.15, 0.2) is 35.1 Å². The third kappa shape index (κ3) is 4.75. The van der Waals surface area contributed by atoms with Crippen molar-refractivity contribution in [2.24, 2.45) is 0 Å². The second-order valence-electron chi connectivity index (χ2n) is 8.61. The van der Waals surface area contributed by atoms with Crippen LogP contribution in [0.25, 0.3) is 11.1 Å². The lowest BCUT2D eigenvalue weighted by Gasteiger charge is -2.20. The van der Waals surface area contributed by atoms with Crippen LogP contribution in [0, 0.1) is 0 Å². The number of hydrogen-bond donors (Lipinski definition) is 3. The summed E-state index contributed by atoms with van der Waals surface area (Å²) in [7, 11) is 0. The summed E-state index contributed by atoms with van der Waals surface area (Å²) >= 11 is 1.38. The first-order valence-corrected chi connectivity index (χ1v) is 11.1. The van der Waals surface area contributed by atoms with Crippen LogP contribution in [0.5, 0.6) is 0 Å². The van der Waals surface area contributed by atoms with Crippen molar-refractivity contribution in [3.63, 3.8) is 0 Å². The Balaban J connectivity index is 1.56. The molecule has 4 rings (SSSR count). The number of thiophene rings is 1. The van der Waals surface area contributed by atoms with E-state index in [1.807, 2.05) is 6.07 Å². The number of aromatic nitrogens is 1. The molecule has 3 N–H and O–H groups in total. The molecule has 4 amide bonds. The van der Waals surface area contributed by atoms with Gasteiger partial charge in [0.25, 0.3) is 5.91 Å². The Morgan fingerprint density at radius 2 is 2.00 bits per heavy atom. The second-order valence-corrected chi connectivity index (χ2v) is 9.66. The number of anilines is 2. The zero-order valence-corrected chi connectivity index (χ0v) is 19.0. The average Bonchev–Trinajstić information content (AvgIpc) is 3.30. The fourth-order valence-corrected chi connectivity index (χ4v) is 4.46. The Kier molecular flexibility index (Phi) is 5.88. The summed E-state index contributed by atoms with van der Waals surface area (Å²) in [4.78, 5) is 44.4. The maximum absolute atomic E-state index is 13.3. The largest absolute Gasteiger partial charge is 0.443 e. The van der Waals surface area contributed by atoms with Crippen LogP contribution in [-0.4, -0.2) is 47.4 Å². The zero-order valence-electron chi connectivity index (χ0n) is 18.2. The van der Waals surface area contributed by atoms with Crippen molar-refractivity contribution in [3.8, 4) is 0 Å². The molecule has 1 aliphatic rings. The Labute approximate surface area is 189 Å². The van der Waals surface area contributed by atoms with Crippen molar-refractivity contribution >= 4 is 51.0 Å². The van der Waals surface area contributed by atoms with Gasteiger partial charge in [0.1, 0.15) is 10.5 Å². The third-order valence-corrected chi connectivity index (χ3v) is 6.59. The van der Waals surface area contributed by atoms with Crippen LogP contribution >= 0.6 is 11.3 Å². The smallest absolute Gasteiger partial charge is 0.324 e. The van der Waals surface area contributed by atoms with Crippen LogP contribution in [0.3, 0.4) is 0 Å². The van der Waals surface area contributed by atoms with Crippen LogP contribution < -0.4 is 16.0 Å². The maximum atomic E-state index is 13.3. The maximum Gasteiger partial charge on any atom is 0.324 e. The normalized spacial score (nSPS) is 14.7. The van der Waals surface area contributed by atoms with Crippen molar-refractivity contribution in [2.45, 2.75) is 32.6 Å². The predicted octanol–water partition coefficient (Wildman–Crippen LogP) is 3.79. The summed E-state index contributed by atoms with van der Waals surface area (Å²) in [5, 5.41) is 8.86. The summed E-state index contributed by atoms with van der Waals surface area (Å²) in [6.45, 7) is 7.34. The number of nitrogens with one attached hydrogen (secondary N) is 3. The van der Waals surface area contributed by atoms with Crippen LogP contribution in [0.4, 0.5) is 15.5 Å². The topological polar surface area (TPSA) is 117 Å². The van der Waals surface area contributed by atoms with E-state index in [2.05, 4.69) is 41.7 Å². The molecule has 1 aliphatic heterocycles. The molecule has 0 aliphatic carbocycles. The van der Waals surface area contributed by atoms with Crippen molar-refractivity contribution < 1.29 is 18.8 Å². The summed E-state index contributed by atoms with van der Waals surface area (Å²) in [6, 6.07) is 6.53. The monoisotopic (exact) mass is 455 g/mol. The molecule has 32 heavy (non-hydrogen) atoms. The average molecular weight is 456 g/mol. The molecule has 0 atom stereocenters. The predicted molar refractivity (Wildman–Crippen MR) is 123 cm³/mol. The van der Waals surface area contributed by atoms with E-state index < -0.39 is 6.03 Å². The highest BCUT2D eigenvalue weighted by molar-refractivity contribution is 7.16. The standard InChI is InChI=1S/C22H25N5O4S/c1-22(2,3)17-11-14(20(29)27-8-6-18(28)23-7-9-27)19(32-17)26-21(30)25-13-4-5-16-15(10-13)24-12-31-16/h4-5,10-12H,6-9H2,1-3H3,(H,23,28)(H2,25,26,30). The Bertz CT molecular complexity index is 1180. The number of urea groups is 1. The van der Waals surface area contributed by atoms with Gasteiger partial charge in [0, 0.05) is 36.6 Å². The van der Waals surface area contributed by atoms with E-state index in [0.717, 1.165) is 4.88 Å². The first-order valence-electron chi connectivity index (χ1n) is 10.3. The van der Waals surface area contributed by atoms with E-state index in [9.17, 15) is 14.4 Å². The number of hydrogen-bond acceptors (Lipinski definition) is 6.